The number of carbonyl (C=O) groups excluding carboxylic acids is 1. The summed E-state index contributed by atoms with van der Waals surface area (Å²) in [7, 11) is 0. The van der Waals surface area contributed by atoms with Crippen molar-refractivity contribution in [2.45, 2.75) is 19.8 Å². The van der Waals surface area contributed by atoms with Gasteiger partial charge in [-0.3, -0.25) is 4.79 Å². The van der Waals surface area contributed by atoms with Crippen molar-refractivity contribution in [3.63, 3.8) is 0 Å². The zero-order valence-corrected chi connectivity index (χ0v) is 16.8. The molecule has 2 N–H and O–H groups in total. The molecule has 0 spiro atoms. The van der Waals surface area contributed by atoms with E-state index in [1.807, 2.05) is 31.2 Å². The molecule has 0 atom stereocenters. The van der Waals surface area contributed by atoms with Crippen LogP contribution in [0, 0.1) is 6.92 Å². The first-order valence-corrected chi connectivity index (χ1v) is 9.59. The molecule has 0 aliphatic carbocycles. The van der Waals surface area contributed by atoms with Crippen LogP contribution < -0.4 is 10.6 Å². The molecule has 0 saturated heterocycles. The number of aryl methyl sites for hydroxylation is 1. The summed E-state index contributed by atoms with van der Waals surface area (Å²) >= 11 is 17.1. The molecule has 3 aromatic rings. The van der Waals surface area contributed by atoms with Crippen molar-refractivity contribution in [1.82, 2.24) is 20.3 Å². The first-order valence-electron chi connectivity index (χ1n) is 8.26. The van der Waals surface area contributed by atoms with Gasteiger partial charge in [0.05, 0.1) is 16.4 Å². The van der Waals surface area contributed by atoms with Gasteiger partial charge in [-0.2, -0.15) is 4.80 Å². The number of thiocarbonyl (C=S) groups is 1. The molecule has 0 aliphatic heterocycles. The van der Waals surface area contributed by atoms with E-state index in [2.05, 4.69) is 20.8 Å². The summed E-state index contributed by atoms with van der Waals surface area (Å²) < 4.78 is 0. The molecule has 0 fully saturated rings. The lowest BCUT2D eigenvalue weighted by Gasteiger charge is -2.10. The maximum Gasteiger partial charge on any atom is 0.226 e. The highest BCUT2D eigenvalue weighted by Gasteiger charge is 2.11. The standard InChI is InChI=1S/C18H17Cl2N5OS/c1-11-4-6-12(7-5-11)25-23-15-9-13(20)14(10-16(15)24-25)21-18(27)22-17(26)3-2-8-19/h4-7,9-10H,2-3,8H2,1H3,(H2,21,22,26,27). The van der Waals surface area contributed by atoms with Crippen LogP contribution >= 0.6 is 35.4 Å². The monoisotopic (exact) mass is 421 g/mol. The summed E-state index contributed by atoms with van der Waals surface area (Å²) in [6.07, 6.45) is 0.897. The lowest BCUT2D eigenvalue weighted by Crippen LogP contribution is -2.34. The molecule has 0 aliphatic rings. The van der Waals surface area contributed by atoms with Crippen LogP contribution in [0.3, 0.4) is 0 Å². The third-order valence-electron chi connectivity index (χ3n) is 3.77. The van der Waals surface area contributed by atoms with E-state index < -0.39 is 0 Å². The van der Waals surface area contributed by atoms with E-state index in [1.165, 1.54) is 0 Å². The van der Waals surface area contributed by atoms with Crippen LogP contribution in [0.15, 0.2) is 36.4 Å². The number of carbonyl (C=O) groups is 1. The maximum atomic E-state index is 11.7. The second-order valence-corrected chi connectivity index (χ2v) is 7.13. The average Bonchev–Trinajstić information content (AvgIpc) is 3.03. The van der Waals surface area contributed by atoms with Gasteiger partial charge < -0.3 is 10.6 Å². The highest BCUT2D eigenvalue weighted by molar-refractivity contribution is 7.80. The zero-order valence-electron chi connectivity index (χ0n) is 14.5. The summed E-state index contributed by atoms with van der Waals surface area (Å²) in [5.41, 5.74) is 3.86. The first kappa shape index (κ1) is 19.5. The van der Waals surface area contributed by atoms with E-state index >= 15 is 0 Å². The topological polar surface area (TPSA) is 71.8 Å². The number of halogens is 2. The van der Waals surface area contributed by atoms with Gasteiger partial charge >= 0.3 is 0 Å². The predicted molar refractivity (Wildman–Crippen MR) is 113 cm³/mol. The van der Waals surface area contributed by atoms with Crippen molar-refractivity contribution < 1.29 is 4.79 Å². The van der Waals surface area contributed by atoms with Gasteiger partial charge in [0.2, 0.25) is 5.91 Å². The average molecular weight is 422 g/mol. The van der Waals surface area contributed by atoms with Crippen molar-refractivity contribution in [3.8, 4) is 5.69 Å². The number of nitrogens with zero attached hydrogens (tertiary/aromatic N) is 3. The Morgan fingerprint density at radius 1 is 1.19 bits per heavy atom. The van der Waals surface area contributed by atoms with E-state index in [4.69, 9.17) is 35.4 Å². The normalized spacial score (nSPS) is 10.8. The molecule has 1 amide bonds. The molecule has 9 heteroatoms. The molecule has 1 aromatic heterocycles. The van der Waals surface area contributed by atoms with Crippen LogP contribution in [0.5, 0.6) is 0 Å². The summed E-state index contributed by atoms with van der Waals surface area (Å²) in [6.45, 7) is 2.02. The molecule has 0 radical (unpaired) electrons. The van der Waals surface area contributed by atoms with Crippen molar-refractivity contribution in [2.75, 3.05) is 11.2 Å². The fourth-order valence-corrected chi connectivity index (χ4v) is 2.96. The van der Waals surface area contributed by atoms with Crippen LogP contribution in [0.2, 0.25) is 5.02 Å². The van der Waals surface area contributed by atoms with E-state index in [0.717, 1.165) is 11.3 Å². The molecule has 140 valence electrons. The van der Waals surface area contributed by atoms with E-state index in [0.29, 0.717) is 40.5 Å². The third-order valence-corrected chi connectivity index (χ3v) is 4.56. The minimum atomic E-state index is -0.198. The van der Waals surface area contributed by atoms with Gasteiger partial charge in [-0.05, 0) is 49.8 Å². The Bertz CT molecular complexity index is 987. The molecular formula is C18H17Cl2N5OS. The molecule has 3 rings (SSSR count). The smallest absolute Gasteiger partial charge is 0.226 e. The lowest BCUT2D eigenvalue weighted by atomic mass is 10.2. The second kappa shape index (κ2) is 8.65. The van der Waals surface area contributed by atoms with Gasteiger partial charge in [0.1, 0.15) is 11.0 Å². The number of hydrogen-bond acceptors (Lipinski definition) is 4. The minimum absolute atomic E-state index is 0.168. The van der Waals surface area contributed by atoms with Crippen LogP contribution in [0.1, 0.15) is 18.4 Å². The number of nitrogens with one attached hydrogen (secondary N) is 2. The van der Waals surface area contributed by atoms with Crippen molar-refractivity contribution >= 4 is 63.2 Å². The number of aromatic nitrogens is 3. The number of alkyl halides is 1. The summed E-state index contributed by atoms with van der Waals surface area (Å²) in [5.74, 6) is 0.225. The number of amides is 1. The number of rotatable bonds is 5. The third kappa shape index (κ3) is 4.94. The maximum absolute atomic E-state index is 11.7. The summed E-state index contributed by atoms with van der Waals surface area (Å²) in [4.78, 5) is 13.3. The molecule has 0 bridgehead atoms. The Kier molecular flexibility index (Phi) is 6.26. The summed E-state index contributed by atoms with van der Waals surface area (Å²) in [6, 6.07) is 11.3. The molecule has 27 heavy (non-hydrogen) atoms. The van der Waals surface area contributed by atoms with Gasteiger partial charge in [0.25, 0.3) is 0 Å². The second-order valence-electron chi connectivity index (χ2n) is 5.94. The quantitative estimate of drug-likeness (QED) is 0.476. The van der Waals surface area contributed by atoms with E-state index in [-0.39, 0.29) is 11.0 Å². The molecule has 1 heterocycles. The van der Waals surface area contributed by atoms with E-state index in [9.17, 15) is 4.79 Å². The number of hydrogen-bond donors (Lipinski definition) is 2. The van der Waals surface area contributed by atoms with Gasteiger partial charge in [-0.1, -0.05) is 29.3 Å². The Morgan fingerprint density at radius 3 is 2.52 bits per heavy atom. The van der Waals surface area contributed by atoms with Gasteiger partial charge in [-0.15, -0.1) is 21.8 Å². The number of fused-ring (bicyclic) bond motifs is 1. The van der Waals surface area contributed by atoms with Crippen LogP contribution in [-0.4, -0.2) is 31.9 Å². The molecular weight excluding hydrogens is 405 g/mol. The number of benzene rings is 2. The van der Waals surface area contributed by atoms with Crippen molar-refractivity contribution in [1.29, 1.82) is 0 Å². The van der Waals surface area contributed by atoms with Gasteiger partial charge in [0, 0.05) is 12.3 Å². The van der Waals surface area contributed by atoms with Gasteiger partial charge in [-0.25, -0.2) is 0 Å². The van der Waals surface area contributed by atoms with Crippen LogP contribution in [0.4, 0.5) is 5.69 Å². The largest absolute Gasteiger partial charge is 0.331 e. The zero-order chi connectivity index (χ0) is 19.4. The molecule has 6 nitrogen and oxygen atoms in total. The highest BCUT2D eigenvalue weighted by atomic mass is 35.5. The number of anilines is 1. The highest BCUT2D eigenvalue weighted by Crippen LogP contribution is 2.27. The Morgan fingerprint density at radius 2 is 1.85 bits per heavy atom. The van der Waals surface area contributed by atoms with Crippen LogP contribution in [0.25, 0.3) is 16.7 Å². The van der Waals surface area contributed by atoms with Crippen molar-refractivity contribution in [3.05, 3.63) is 47.0 Å². The van der Waals surface area contributed by atoms with Gasteiger partial charge in [0.15, 0.2) is 5.11 Å². The minimum Gasteiger partial charge on any atom is -0.331 e. The van der Waals surface area contributed by atoms with Crippen molar-refractivity contribution in [2.24, 2.45) is 0 Å². The molecule has 0 saturated carbocycles. The predicted octanol–water partition coefficient (Wildman–Crippen LogP) is 4.21. The Labute approximate surface area is 171 Å². The Hall–Kier alpha value is -2.22. The SMILES string of the molecule is Cc1ccc(-n2nc3cc(Cl)c(NC(=S)NC(=O)CCCCl)cc3n2)cc1. The van der Waals surface area contributed by atoms with E-state index in [1.54, 1.807) is 16.9 Å². The lowest BCUT2D eigenvalue weighted by molar-refractivity contribution is -0.119. The first-order chi connectivity index (χ1) is 13.0. The molecule has 2 aromatic carbocycles. The fourth-order valence-electron chi connectivity index (χ4n) is 2.40. The summed E-state index contributed by atoms with van der Waals surface area (Å²) in [5, 5.41) is 15.1. The Balaban J connectivity index is 1.78. The fraction of sp³-hybridized carbons (Fsp3) is 0.222. The van der Waals surface area contributed by atoms with Crippen LogP contribution in [-0.2, 0) is 4.79 Å². The molecule has 0 unspecified atom stereocenters.